The van der Waals surface area contributed by atoms with Gasteiger partial charge in [0.05, 0.1) is 0 Å². The summed E-state index contributed by atoms with van der Waals surface area (Å²) in [6.07, 6.45) is -0.538. The van der Waals surface area contributed by atoms with Crippen LogP contribution in [0, 0.1) is 6.73 Å². The fourth-order valence-electron chi connectivity index (χ4n) is 0.510. The lowest BCUT2D eigenvalue weighted by molar-refractivity contribution is -0.442. The van der Waals surface area contributed by atoms with Crippen molar-refractivity contribution in [3.63, 3.8) is 0 Å². The third-order valence-electron chi connectivity index (χ3n) is 1.01. The van der Waals surface area contributed by atoms with Crippen LogP contribution in [-0.4, -0.2) is 27.7 Å². The van der Waals surface area contributed by atoms with Crippen LogP contribution in [-0.2, 0) is 4.74 Å². The molecule has 0 amide bonds. The Balaban J connectivity index is 2.63. The minimum atomic E-state index is -0.538. The van der Waals surface area contributed by atoms with Crippen LogP contribution < -0.4 is 0 Å². The van der Waals surface area contributed by atoms with E-state index in [1.807, 2.05) is 0 Å². The predicted octanol–water partition coefficient (Wildman–Crippen LogP) is 0.679. The van der Waals surface area contributed by atoms with Crippen molar-refractivity contribution in [2.75, 3.05) is 5.88 Å². The molecule has 0 saturated carbocycles. The summed E-state index contributed by atoms with van der Waals surface area (Å²) in [7, 11) is 0. The second-order valence-electron chi connectivity index (χ2n) is 1.61. The number of aliphatic hydroxyl groups excluding tert-OH is 1. The number of halogens is 1. The summed E-state index contributed by atoms with van der Waals surface area (Å²) in [6, 6.07) is 0. The lowest BCUT2D eigenvalue weighted by Gasteiger charge is -2.04. The molecule has 52 valence electrons. The lowest BCUT2D eigenvalue weighted by Crippen LogP contribution is -2.21. The van der Waals surface area contributed by atoms with Crippen LogP contribution in [0.25, 0.3) is 5.84 Å². The number of nitrogens with one attached hydrogen (secondary N) is 1. The number of alkyl halides is 1. The third-order valence-corrected chi connectivity index (χ3v) is 1.29. The van der Waals surface area contributed by atoms with E-state index in [9.17, 15) is 0 Å². The Hall–Kier alpha value is -0.610. The molecule has 0 aromatic carbocycles. The zero-order valence-electron chi connectivity index (χ0n) is 4.54. The van der Waals surface area contributed by atoms with Gasteiger partial charge < -0.3 is 20.4 Å². The molecule has 1 rings (SSSR count). The van der Waals surface area contributed by atoms with Crippen LogP contribution in [0.15, 0.2) is 0 Å². The van der Waals surface area contributed by atoms with Crippen LogP contribution in [0.3, 0.4) is 0 Å². The fraction of sp³-hybridized carbons (Fsp3) is 0.500. The molecule has 0 aliphatic carbocycles. The number of hydrogen-bond acceptors (Lipinski definition) is 1. The molecule has 1 atom stereocenters. The Bertz CT molecular complexity index is 148. The first-order valence-electron chi connectivity index (χ1n) is 2.36. The van der Waals surface area contributed by atoms with Crippen molar-refractivity contribution in [2.24, 2.45) is 0 Å². The summed E-state index contributed by atoms with van der Waals surface area (Å²) in [5, 5.41) is 8.87. The van der Waals surface area contributed by atoms with Gasteiger partial charge in [-0.25, -0.2) is 0 Å². The molecular weight excluding hydrogens is 144 g/mol. The van der Waals surface area contributed by atoms with Crippen LogP contribution >= 0.6 is 11.6 Å². The molecule has 0 bridgehead atoms. The minimum Gasteiger partial charge on any atom is -0.546 e. The maximum atomic E-state index is 8.87. The van der Waals surface area contributed by atoms with Gasteiger partial charge in [-0.05, 0) is 0 Å². The molecule has 0 fully saturated rings. The first-order valence-corrected chi connectivity index (χ1v) is 2.90. The van der Waals surface area contributed by atoms with E-state index in [1.165, 1.54) is 0 Å². The average Bonchev–Trinajstić information content (AvgIpc) is 2.15. The van der Waals surface area contributed by atoms with Gasteiger partial charge in [0.25, 0.3) is 0 Å². The molecule has 1 aliphatic heterocycles. The molecule has 4 nitrogen and oxygen atoms in total. The van der Waals surface area contributed by atoms with Gasteiger partial charge >= 0.3 is 0 Å². The Kier molecular flexibility index (Phi) is 1.68. The molecule has 0 saturated heterocycles. The van der Waals surface area contributed by atoms with Crippen molar-refractivity contribution < 1.29 is 14.5 Å². The maximum absolute atomic E-state index is 8.87. The molecular formula is C4H6ClN2O2-. The molecule has 5 heteroatoms. The van der Waals surface area contributed by atoms with Crippen molar-refractivity contribution in [1.82, 2.24) is 0 Å². The van der Waals surface area contributed by atoms with E-state index in [1.54, 1.807) is 0 Å². The highest BCUT2D eigenvalue weighted by Crippen LogP contribution is 2.07. The zero-order chi connectivity index (χ0) is 6.85. The van der Waals surface area contributed by atoms with E-state index in [4.69, 9.17) is 27.3 Å². The van der Waals surface area contributed by atoms with E-state index in [-0.39, 0.29) is 11.8 Å². The van der Waals surface area contributed by atoms with Crippen molar-refractivity contribution in [1.29, 1.82) is 0 Å². The van der Waals surface area contributed by atoms with Crippen LogP contribution in [0.5, 0.6) is 0 Å². The monoisotopic (exact) mass is 149 g/mol. The summed E-state index contributed by atoms with van der Waals surface area (Å²) in [4.78, 5) is 0. The Morgan fingerprint density at radius 2 is 2.67 bits per heavy atom. The molecule has 1 aliphatic rings. The lowest BCUT2D eigenvalue weighted by atomic mass is 10.4. The highest BCUT2D eigenvalue weighted by molar-refractivity contribution is 6.19. The third kappa shape index (κ3) is 1.04. The van der Waals surface area contributed by atoms with E-state index >= 15 is 0 Å². The van der Waals surface area contributed by atoms with Gasteiger partial charge in [0.15, 0.2) is 0 Å². The van der Waals surface area contributed by atoms with Crippen LogP contribution in [0.2, 0.25) is 0 Å². The Morgan fingerprint density at radius 1 is 2.00 bits per heavy atom. The number of rotatable bonds is 1. The Labute approximate surface area is 57.5 Å². The number of aliphatic hydroxyl groups is 1. The maximum Gasteiger partial charge on any atom is 0.216 e. The van der Waals surface area contributed by atoms with Gasteiger partial charge in [-0.1, -0.05) is 0 Å². The van der Waals surface area contributed by atoms with Crippen LogP contribution in [0.4, 0.5) is 0 Å². The number of ether oxygens (including phenoxy) is 1. The fourth-order valence-corrected chi connectivity index (χ4v) is 0.720. The van der Waals surface area contributed by atoms with E-state index in [2.05, 4.69) is 0 Å². The normalized spacial score (nSPS) is 26.6. The van der Waals surface area contributed by atoms with Crippen LogP contribution in [0.1, 0.15) is 0 Å². The van der Waals surface area contributed by atoms with Gasteiger partial charge in [0.2, 0.25) is 5.90 Å². The summed E-state index contributed by atoms with van der Waals surface area (Å²) < 4.78 is 5.46. The minimum absolute atomic E-state index is 0.162. The van der Waals surface area contributed by atoms with Crippen molar-refractivity contribution >= 4 is 17.5 Å². The number of nitrogens with zero attached hydrogens (tertiary/aromatic N) is 1. The summed E-state index contributed by atoms with van der Waals surface area (Å²) in [6.45, 7) is 1.10. The Morgan fingerprint density at radius 3 is 2.89 bits per heavy atom. The average molecular weight is 150 g/mol. The highest BCUT2D eigenvalue weighted by Gasteiger charge is 2.18. The topological polar surface area (TPSA) is 56.3 Å². The molecule has 1 heterocycles. The first-order chi connectivity index (χ1) is 4.25. The van der Waals surface area contributed by atoms with Crippen molar-refractivity contribution in [2.45, 2.75) is 6.10 Å². The summed E-state index contributed by atoms with van der Waals surface area (Å²) in [5.41, 5.74) is 0. The summed E-state index contributed by atoms with van der Waals surface area (Å²) in [5.74, 6) is 6.88. The molecule has 0 aromatic heterocycles. The predicted molar refractivity (Wildman–Crippen MR) is 32.1 cm³/mol. The molecule has 2 N–H and O–H groups in total. The van der Waals surface area contributed by atoms with Gasteiger partial charge in [0.1, 0.15) is 12.8 Å². The second kappa shape index (κ2) is 2.33. The smallest absolute Gasteiger partial charge is 0.216 e. The first kappa shape index (κ1) is 6.51. The largest absolute Gasteiger partial charge is 0.546 e. The van der Waals surface area contributed by atoms with Crippen molar-refractivity contribution in [3.8, 4) is 0 Å². The molecule has 0 radical (unpaired) electrons. The van der Waals surface area contributed by atoms with Gasteiger partial charge in [-0.2, -0.15) is 0 Å². The summed E-state index contributed by atoms with van der Waals surface area (Å²) >= 11 is 5.33. The number of hydrogen-bond donors (Lipinski definition) is 1. The SMILES string of the molecule is [NH-][N+]1=C(O)C(CCl)O[CH-]1. The quantitative estimate of drug-likeness (QED) is 0.339. The van der Waals surface area contributed by atoms with E-state index in [0.717, 1.165) is 11.4 Å². The molecule has 9 heavy (non-hydrogen) atoms. The zero-order valence-corrected chi connectivity index (χ0v) is 5.30. The highest BCUT2D eigenvalue weighted by atomic mass is 35.5. The van der Waals surface area contributed by atoms with E-state index < -0.39 is 6.10 Å². The molecule has 0 aromatic rings. The standard InChI is InChI=1S/C4H6ClN2O2/c5-1-3-4(8)7(6)2-9-3/h2-3,6,8H,1H2/q-1. The van der Waals surface area contributed by atoms with Gasteiger partial charge in [0, 0.05) is 5.88 Å². The molecule has 1 unspecified atom stereocenters. The molecule has 0 spiro atoms. The second-order valence-corrected chi connectivity index (χ2v) is 1.92. The van der Waals surface area contributed by atoms with E-state index in [0.29, 0.717) is 0 Å². The van der Waals surface area contributed by atoms with Crippen molar-refractivity contribution in [3.05, 3.63) is 12.6 Å². The van der Waals surface area contributed by atoms with Gasteiger partial charge in [-0.15, -0.1) is 11.6 Å². The van der Waals surface area contributed by atoms with Gasteiger partial charge in [-0.3, -0.25) is 0 Å².